The summed E-state index contributed by atoms with van der Waals surface area (Å²) in [5.41, 5.74) is 6.90. The summed E-state index contributed by atoms with van der Waals surface area (Å²) in [4.78, 5) is 27.9. The number of ether oxygens (including phenoxy) is 2. The summed E-state index contributed by atoms with van der Waals surface area (Å²) in [5.74, 6) is 0. The monoisotopic (exact) mass is 592 g/mol. The molecule has 1 aliphatic rings. The molecule has 0 spiro atoms. The van der Waals surface area contributed by atoms with Crippen molar-refractivity contribution in [2.45, 2.75) is 64.5 Å². The van der Waals surface area contributed by atoms with Crippen molar-refractivity contribution in [3.63, 3.8) is 0 Å². The van der Waals surface area contributed by atoms with Crippen LogP contribution in [0.25, 0.3) is 11.1 Å². The van der Waals surface area contributed by atoms with Crippen LogP contribution < -0.4 is 5.32 Å². The van der Waals surface area contributed by atoms with Crippen LogP contribution in [0.5, 0.6) is 0 Å². The average Bonchev–Trinajstić information content (AvgIpc) is 3.39. The summed E-state index contributed by atoms with van der Waals surface area (Å²) in [6.45, 7) is 5.65. The number of hydrogen-bond acceptors (Lipinski definition) is 5. The van der Waals surface area contributed by atoms with Crippen LogP contribution in [0.2, 0.25) is 0 Å². The first kappa shape index (κ1) is 30.8. The lowest BCUT2D eigenvalue weighted by Gasteiger charge is -2.31. The number of aliphatic hydroxyl groups is 1. The predicted octanol–water partition coefficient (Wildman–Crippen LogP) is 6.89. The molecule has 5 rings (SSSR count). The van der Waals surface area contributed by atoms with Gasteiger partial charge < -0.3 is 24.8 Å². The van der Waals surface area contributed by atoms with Crippen LogP contribution in [-0.4, -0.2) is 46.5 Å². The molecular weight excluding hydrogens is 552 g/mol. The summed E-state index contributed by atoms with van der Waals surface area (Å²) in [7, 11) is 0. The van der Waals surface area contributed by atoms with Crippen LogP contribution in [0.3, 0.4) is 0 Å². The summed E-state index contributed by atoms with van der Waals surface area (Å²) >= 11 is 0. The minimum Gasteiger partial charge on any atom is -0.445 e. The molecule has 0 fully saturated rings. The maximum absolute atomic E-state index is 13.6. The summed E-state index contributed by atoms with van der Waals surface area (Å²) in [6.07, 6.45) is -1.13. The van der Waals surface area contributed by atoms with Gasteiger partial charge in [0.05, 0.1) is 18.7 Å². The molecule has 4 aromatic carbocycles. The number of alkyl carbamates (subject to hydrolysis) is 1. The van der Waals surface area contributed by atoms with E-state index in [1.165, 1.54) is 27.2 Å². The van der Waals surface area contributed by atoms with Crippen LogP contribution >= 0.6 is 0 Å². The molecule has 2 amide bonds. The van der Waals surface area contributed by atoms with Crippen molar-refractivity contribution in [2.24, 2.45) is 0 Å². The summed E-state index contributed by atoms with van der Waals surface area (Å²) < 4.78 is 11.4. The Labute approximate surface area is 259 Å². The Kier molecular flexibility index (Phi) is 9.65. The first-order valence-electron chi connectivity index (χ1n) is 15.0. The Morgan fingerprint density at radius 1 is 0.841 bits per heavy atom. The number of aliphatic hydroxyl groups excluding tert-OH is 1. The molecule has 0 saturated heterocycles. The van der Waals surface area contributed by atoms with Crippen molar-refractivity contribution in [3.8, 4) is 11.1 Å². The number of nitrogens with one attached hydrogen (secondary N) is 1. The lowest BCUT2D eigenvalue weighted by molar-refractivity contribution is 0.0327. The van der Waals surface area contributed by atoms with Gasteiger partial charge >= 0.3 is 12.2 Å². The zero-order valence-corrected chi connectivity index (χ0v) is 25.5. The molecule has 0 bridgehead atoms. The smallest absolute Gasteiger partial charge is 0.410 e. The molecule has 0 aromatic heterocycles. The molecule has 2 N–H and O–H groups in total. The second kappa shape index (κ2) is 13.8. The Bertz CT molecular complexity index is 1570. The predicted molar refractivity (Wildman–Crippen MR) is 171 cm³/mol. The number of fused-ring (bicyclic) bond motifs is 3. The van der Waals surface area contributed by atoms with Gasteiger partial charge in [-0.1, -0.05) is 103 Å². The maximum Gasteiger partial charge on any atom is 0.410 e. The largest absolute Gasteiger partial charge is 0.445 e. The first-order chi connectivity index (χ1) is 21.2. The minimum atomic E-state index is -1.10. The van der Waals surface area contributed by atoms with Gasteiger partial charge in [-0.2, -0.15) is 0 Å². The highest BCUT2D eigenvalue weighted by Gasteiger charge is 2.29. The van der Waals surface area contributed by atoms with Gasteiger partial charge in [-0.15, -0.1) is 0 Å². The molecule has 0 radical (unpaired) electrons. The summed E-state index contributed by atoms with van der Waals surface area (Å²) in [5, 5.41) is 14.3. The fraction of sp³-hybridized carbons (Fsp3) is 0.297. The fourth-order valence-electron chi connectivity index (χ4n) is 5.56. The van der Waals surface area contributed by atoms with E-state index in [0.717, 1.165) is 23.1 Å². The lowest BCUT2D eigenvalue weighted by atomic mass is 10.0. The van der Waals surface area contributed by atoms with Gasteiger partial charge in [0.2, 0.25) is 0 Å². The molecule has 2 atom stereocenters. The van der Waals surface area contributed by atoms with Crippen LogP contribution in [0, 0.1) is 0 Å². The maximum atomic E-state index is 13.6. The van der Waals surface area contributed by atoms with Gasteiger partial charge in [0.1, 0.15) is 12.2 Å². The van der Waals surface area contributed by atoms with E-state index in [2.05, 4.69) is 23.5 Å². The zero-order chi connectivity index (χ0) is 31.1. The molecule has 44 heavy (non-hydrogen) atoms. The normalized spacial score (nSPS) is 13.3. The number of carbonyl (C=O) groups excluding carboxylic acids is 2. The van der Waals surface area contributed by atoms with Crippen LogP contribution in [0.15, 0.2) is 103 Å². The SMILES string of the molecule is CC(C)(C)OC(=O)N[C@@H](Cc1ccccc1)[C@H](O)CN(Cc1ccccc1)C(=O)OCc1cccc2c1Cc1ccccc1-2. The number of hydrogen-bond donors (Lipinski definition) is 2. The van der Waals surface area contributed by atoms with Crippen LogP contribution in [0.4, 0.5) is 9.59 Å². The van der Waals surface area contributed by atoms with Crippen LogP contribution in [-0.2, 0) is 35.5 Å². The Hall–Kier alpha value is -4.62. The lowest BCUT2D eigenvalue weighted by Crippen LogP contribution is -2.51. The van der Waals surface area contributed by atoms with E-state index >= 15 is 0 Å². The second-order valence-corrected chi connectivity index (χ2v) is 12.2. The topological polar surface area (TPSA) is 88.1 Å². The van der Waals surface area contributed by atoms with Gasteiger partial charge in [0.15, 0.2) is 0 Å². The van der Waals surface area contributed by atoms with Crippen molar-refractivity contribution in [3.05, 3.63) is 131 Å². The second-order valence-electron chi connectivity index (χ2n) is 12.2. The zero-order valence-electron chi connectivity index (χ0n) is 25.5. The number of rotatable bonds is 10. The van der Waals surface area contributed by atoms with E-state index in [1.807, 2.05) is 84.9 Å². The van der Waals surface area contributed by atoms with Gasteiger partial charge in [-0.05, 0) is 72.6 Å². The van der Waals surface area contributed by atoms with E-state index in [9.17, 15) is 14.7 Å². The Morgan fingerprint density at radius 3 is 2.18 bits per heavy atom. The first-order valence-corrected chi connectivity index (χ1v) is 15.0. The van der Waals surface area contributed by atoms with E-state index in [1.54, 1.807) is 20.8 Å². The quantitative estimate of drug-likeness (QED) is 0.184. The number of benzene rings is 4. The Morgan fingerprint density at radius 2 is 1.48 bits per heavy atom. The van der Waals surface area contributed by atoms with Gasteiger partial charge in [0, 0.05) is 6.54 Å². The molecule has 0 aliphatic heterocycles. The van der Waals surface area contributed by atoms with Crippen molar-refractivity contribution in [2.75, 3.05) is 6.54 Å². The molecule has 7 nitrogen and oxygen atoms in total. The molecule has 228 valence electrons. The average molecular weight is 593 g/mol. The van der Waals surface area contributed by atoms with E-state index < -0.39 is 29.9 Å². The van der Waals surface area contributed by atoms with Gasteiger partial charge in [-0.3, -0.25) is 0 Å². The van der Waals surface area contributed by atoms with Gasteiger partial charge in [-0.25, -0.2) is 9.59 Å². The van der Waals surface area contributed by atoms with E-state index in [-0.39, 0.29) is 19.7 Å². The highest BCUT2D eigenvalue weighted by atomic mass is 16.6. The van der Waals surface area contributed by atoms with Gasteiger partial charge in [0.25, 0.3) is 0 Å². The highest BCUT2D eigenvalue weighted by molar-refractivity contribution is 5.78. The number of nitrogens with zero attached hydrogens (tertiary/aromatic N) is 1. The van der Waals surface area contributed by atoms with Crippen molar-refractivity contribution in [1.29, 1.82) is 0 Å². The summed E-state index contributed by atoms with van der Waals surface area (Å²) in [6, 6.07) is 32.9. The fourth-order valence-corrected chi connectivity index (χ4v) is 5.56. The van der Waals surface area contributed by atoms with Crippen molar-refractivity contribution < 1.29 is 24.2 Å². The third kappa shape index (κ3) is 8.05. The van der Waals surface area contributed by atoms with Crippen molar-refractivity contribution >= 4 is 12.2 Å². The van der Waals surface area contributed by atoms with Crippen molar-refractivity contribution in [1.82, 2.24) is 10.2 Å². The third-order valence-corrected chi connectivity index (χ3v) is 7.65. The third-order valence-electron chi connectivity index (χ3n) is 7.65. The molecule has 0 unspecified atom stereocenters. The number of carbonyl (C=O) groups is 2. The highest BCUT2D eigenvalue weighted by Crippen LogP contribution is 2.38. The van der Waals surface area contributed by atoms with E-state index in [0.29, 0.717) is 6.42 Å². The molecular formula is C37H40N2O5. The van der Waals surface area contributed by atoms with E-state index in [4.69, 9.17) is 9.47 Å². The molecule has 0 heterocycles. The minimum absolute atomic E-state index is 0.0562. The Balaban J connectivity index is 1.33. The molecule has 1 aliphatic carbocycles. The molecule has 4 aromatic rings. The standard InChI is InChI=1S/C37H40N2O5/c1-37(2,3)44-35(41)38-33(21-26-13-6-4-7-14-26)34(40)24-39(23-27-15-8-5-9-16-27)36(42)43-25-29-18-12-20-31-30-19-11-10-17-28(30)22-32(29)31/h4-20,33-34,40H,21-25H2,1-3H3,(H,38,41)/t33-,34+/m0/s1. The number of amides is 2. The van der Waals surface area contributed by atoms with Crippen LogP contribution in [0.1, 0.15) is 48.6 Å². The molecule has 0 saturated carbocycles. The molecule has 7 heteroatoms.